The molecule has 0 amide bonds. The third kappa shape index (κ3) is 2.41. The zero-order chi connectivity index (χ0) is 14.1. The van der Waals surface area contributed by atoms with Gasteiger partial charge < -0.3 is 5.32 Å². The molecule has 0 unspecified atom stereocenters. The Morgan fingerprint density at radius 1 is 1.25 bits per heavy atom. The number of fused-ring (bicyclic) bond motifs is 1. The molecular weight excluding hydrogens is 316 g/mol. The molecule has 1 N–H and O–H groups in total. The van der Waals surface area contributed by atoms with Crippen LogP contribution in [-0.2, 0) is 13.6 Å². The van der Waals surface area contributed by atoms with Crippen molar-refractivity contribution in [3.8, 4) is 0 Å². The van der Waals surface area contributed by atoms with E-state index in [4.69, 9.17) is 0 Å². The summed E-state index contributed by atoms with van der Waals surface area (Å²) in [6, 6.07) is 8.15. The smallest absolute Gasteiger partial charge is 0.134 e. The van der Waals surface area contributed by atoms with Gasteiger partial charge in [0, 0.05) is 46.8 Å². The number of anilines is 1. The quantitative estimate of drug-likeness (QED) is 0.797. The van der Waals surface area contributed by atoms with Gasteiger partial charge in [0.2, 0.25) is 0 Å². The molecule has 0 aliphatic carbocycles. The molecule has 20 heavy (non-hydrogen) atoms. The molecule has 0 spiro atoms. The molecule has 4 nitrogen and oxygen atoms in total. The molecule has 0 atom stereocenters. The third-order valence-electron chi connectivity index (χ3n) is 3.31. The van der Waals surface area contributed by atoms with E-state index in [1.165, 1.54) is 5.56 Å². The largest absolute Gasteiger partial charge is 0.365 e. The van der Waals surface area contributed by atoms with Crippen molar-refractivity contribution in [2.24, 2.45) is 7.05 Å². The van der Waals surface area contributed by atoms with E-state index in [1.54, 1.807) is 0 Å². The Kier molecular flexibility index (Phi) is 3.44. The van der Waals surface area contributed by atoms with E-state index >= 15 is 0 Å². The number of aromatic nitrogens is 3. The van der Waals surface area contributed by atoms with Gasteiger partial charge in [0.25, 0.3) is 0 Å². The van der Waals surface area contributed by atoms with E-state index in [2.05, 4.69) is 37.4 Å². The van der Waals surface area contributed by atoms with E-state index in [-0.39, 0.29) is 0 Å². The van der Waals surface area contributed by atoms with Gasteiger partial charge in [-0.25, -0.2) is 4.98 Å². The molecule has 3 rings (SSSR count). The van der Waals surface area contributed by atoms with Crippen LogP contribution in [-0.4, -0.2) is 14.8 Å². The number of halogens is 1. The number of rotatable bonds is 3. The van der Waals surface area contributed by atoms with Gasteiger partial charge >= 0.3 is 0 Å². The highest BCUT2D eigenvalue weighted by atomic mass is 79.9. The maximum atomic E-state index is 4.44. The summed E-state index contributed by atoms with van der Waals surface area (Å²) in [6.45, 7) is 2.74. The van der Waals surface area contributed by atoms with Crippen LogP contribution >= 0.6 is 15.9 Å². The summed E-state index contributed by atoms with van der Waals surface area (Å²) in [4.78, 5) is 4.44. The Morgan fingerprint density at radius 2 is 2.10 bits per heavy atom. The lowest BCUT2D eigenvalue weighted by atomic mass is 10.1. The molecule has 1 aromatic carbocycles. The average Bonchev–Trinajstić information content (AvgIpc) is 2.75. The lowest BCUT2D eigenvalue weighted by Gasteiger charge is -2.09. The van der Waals surface area contributed by atoms with E-state index in [9.17, 15) is 0 Å². The first kappa shape index (κ1) is 13.1. The normalized spacial score (nSPS) is 10.9. The molecule has 5 heteroatoms. The van der Waals surface area contributed by atoms with Gasteiger partial charge in [-0.15, -0.1) is 0 Å². The molecule has 0 aliphatic heterocycles. The lowest BCUT2D eigenvalue weighted by molar-refractivity contribution is 0.756. The van der Waals surface area contributed by atoms with Crippen molar-refractivity contribution in [2.75, 3.05) is 5.32 Å². The molecule has 2 aromatic heterocycles. The van der Waals surface area contributed by atoms with Gasteiger partial charge in [-0.1, -0.05) is 28.1 Å². The van der Waals surface area contributed by atoms with Crippen LogP contribution in [0.15, 0.2) is 41.1 Å². The van der Waals surface area contributed by atoms with Gasteiger partial charge in [0.05, 0.1) is 5.69 Å². The fraction of sp³-hybridized carbons (Fsp3) is 0.200. The minimum Gasteiger partial charge on any atom is -0.365 e. The molecule has 3 aromatic rings. The fourth-order valence-corrected chi connectivity index (χ4v) is 2.81. The molecule has 0 aliphatic rings. The number of nitrogens with zero attached hydrogens (tertiary/aromatic N) is 3. The summed E-state index contributed by atoms with van der Waals surface area (Å²) >= 11 is 3.57. The Morgan fingerprint density at radius 3 is 2.85 bits per heavy atom. The fourth-order valence-electron chi connectivity index (χ4n) is 2.31. The van der Waals surface area contributed by atoms with Crippen molar-refractivity contribution >= 4 is 32.5 Å². The number of hydrogen-bond donors (Lipinski definition) is 1. The number of aryl methyl sites for hydroxylation is 2. The van der Waals surface area contributed by atoms with Gasteiger partial charge in [-0.05, 0) is 19.1 Å². The number of benzene rings is 1. The van der Waals surface area contributed by atoms with Crippen molar-refractivity contribution in [2.45, 2.75) is 13.5 Å². The Labute approximate surface area is 126 Å². The highest BCUT2D eigenvalue weighted by Gasteiger charge is 2.06. The number of hydrogen-bond acceptors (Lipinski definition) is 3. The Balaban J connectivity index is 1.92. The van der Waals surface area contributed by atoms with Crippen LogP contribution in [0.5, 0.6) is 0 Å². The van der Waals surface area contributed by atoms with Crippen LogP contribution < -0.4 is 5.32 Å². The predicted molar refractivity (Wildman–Crippen MR) is 84.7 cm³/mol. The van der Waals surface area contributed by atoms with Crippen molar-refractivity contribution in [3.05, 3.63) is 52.4 Å². The Hall–Kier alpha value is -1.88. The van der Waals surface area contributed by atoms with Crippen molar-refractivity contribution in [1.29, 1.82) is 0 Å². The molecule has 0 saturated heterocycles. The van der Waals surface area contributed by atoms with Crippen LogP contribution in [0, 0.1) is 6.92 Å². The first-order chi connectivity index (χ1) is 9.65. The zero-order valence-electron chi connectivity index (χ0n) is 11.4. The highest BCUT2D eigenvalue weighted by Crippen LogP contribution is 2.27. The van der Waals surface area contributed by atoms with Crippen molar-refractivity contribution in [1.82, 2.24) is 14.8 Å². The van der Waals surface area contributed by atoms with E-state index in [0.29, 0.717) is 0 Å². The van der Waals surface area contributed by atoms with Gasteiger partial charge in [-0.2, -0.15) is 5.10 Å². The molecule has 0 saturated carbocycles. The second kappa shape index (κ2) is 5.25. The second-order valence-electron chi connectivity index (χ2n) is 4.76. The molecule has 102 valence electrons. The molecule has 0 radical (unpaired) electrons. The molecule has 0 bridgehead atoms. The average molecular weight is 331 g/mol. The maximum Gasteiger partial charge on any atom is 0.134 e. The van der Waals surface area contributed by atoms with Crippen LogP contribution in [0.25, 0.3) is 10.8 Å². The predicted octanol–water partition coefficient (Wildman–Crippen LogP) is 3.65. The standard InChI is InChI=1S/C15H15BrN4/c1-10-11(9-20(2)19-10)8-18-15-13-4-3-5-14(16)12(13)6-7-17-15/h3-7,9H,8H2,1-2H3,(H,17,18). The van der Waals surface area contributed by atoms with E-state index in [1.807, 2.05) is 49.2 Å². The SMILES string of the molecule is Cc1nn(C)cc1CNc1nccc2c(Br)cccc12. The zero-order valence-corrected chi connectivity index (χ0v) is 13.0. The second-order valence-corrected chi connectivity index (χ2v) is 5.62. The summed E-state index contributed by atoms with van der Waals surface area (Å²) in [5.74, 6) is 0.895. The van der Waals surface area contributed by atoms with E-state index < -0.39 is 0 Å². The van der Waals surface area contributed by atoms with Crippen LogP contribution in [0.1, 0.15) is 11.3 Å². The summed E-state index contributed by atoms with van der Waals surface area (Å²) in [5, 5.41) is 10.0. The third-order valence-corrected chi connectivity index (χ3v) is 4.01. The van der Waals surface area contributed by atoms with Gasteiger partial charge in [0.1, 0.15) is 5.82 Å². The van der Waals surface area contributed by atoms with Crippen LogP contribution in [0.3, 0.4) is 0 Å². The summed E-state index contributed by atoms with van der Waals surface area (Å²) in [6.07, 6.45) is 3.86. The highest BCUT2D eigenvalue weighted by molar-refractivity contribution is 9.10. The molecule has 2 heterocycles. The minimum atomic E-state index is 0.721. The first-order valence-corrected chi connectivity index (χ1v) is 7.20. The summed E-state index contributed by atoms with van der Waals surface area (Å²) < 4.78 is 2.91. The van der Waals surface area contributed by atoms with Crippen molar-refractivity contribution < 1.29 is 0 Å². The van der Waals surface area contributed by atoms with Gasteiger partial charge in [0.15, 0.2) is 0 Å². The molecule has 0 fully saturated rings. The lowest BCUT2D eigenvalue weighted by Crippen LogP contribution is -2.02. The summed E-state index contributed by atoms with van der Waals surface area (Å²) in [7, 11) is 1.93. The number of nitrogens with one attached hydrogen (secondary N) is 1. The minimum absolute atomic E-state index is 0.721. The number of pyridine rings is 1. The summed E-state index contributed by atoms with van der Waals surface area (Å²) in [5.41, 5.74) is 2.22. The Bertz CT molecular complexity index is 764. The monoisotopic (exact) mass is 330 g/mol. The first-order valence-electron chi connectivity index (χ1n) is 6.41. The van der Waals surface area contributed by atoms with Crippen LogP contribution in [0.2, 0.25) is 0 Å². The maximum absolute atomic E-state index is 4.44. The van der Waals surface area contributed by atoms with Gasteiger partial charge in [-0.3, -0.25) is 4.68 Å². The topological polar surface area (TPSA) is 42.7 Å². The van der Waals surface area contributed by atoms with Crippen LogP contribution in [0.4, 0.5) is 5.82 Å². The molecular formula is C15H15BrN4. The van der Waals surface area contributed by atoms with E-state index in [0.717, 1.165) is 33.3 Å². The van der Waals surface area contributed by atoms with Crippen molar-refractivity contribution in [3.63, 3.8) is 0 Å².